The molecule has 0 aliphatic heterocycles. The zero-order chi connectivity index (χ0) is 17.1. The minimum absolute atomic E-state index is 0.181. The van der Waals surface area contributed by atoms with E-state index >= 15 is 0 Å². The molecule has 1 aliphatic rings. The third-order valence-electron chi connectivity index (χ3n) is 4.56. The van der Waals surface area contributed by atoms with Crippen LogP contribution in [0.25, 0.3) is 10.2 Å². The van der Waals surface area contributed by atoms with Gasteiger partial charge in [0.15, 0.2) is 5.13 Å². The predicted octanol–water partition coefficient (Wildman–Crippen LogP) is 4.10. The first-order valence-corrected chi connectivity index (χ1v) is 10.5. The van der Waals surface area contributed by atoms with Gasteiger partial charge in [0, 0.05) is 23.9 Å². The van der Waals surface area contributed by atoms with E-state index in [1.54, 1.807) is 23.1 Å². The van der Waals surface area contributed by atoms with Gasteiger partial charge < -0.3 is 4.90 Å². The number of thioether (sulfide) groups is 1. The fraction of sp³-hybridized carbons (Fsp3) is 0.556. The molecule has 1 amide bonds. The molecule has 0 saturated heterocycles. The Morgan fingerprint density at radius 1 is 1.29 bits per heavy atom. The number of benzene rings is 1. The molecule has 1 aromatic carbocycles. The number of anilines is 1. The molecule has 0 unspecified atom stereocenters. The maximum absolute atomic E-state index is 13.0. The van der Waals surface area contributed by atoms with Crippen molar-refractivity contribution in [1.82, 2.24) is 9.88 Å². The molecule has 24 heavy (non-hydrogen) atoms. The molecule has 1 aromatic heterocycles. The topological polar surface area (TPSA) is 36.4 Å². The summed E-state index contributed by atoms with van der Waals surface area (Å²) in [6.45, 7) is 1.56. The first-order valence-electron chi connectivity index (χ1n) is 8.49. The number of thiazole rings is 1. The van der Waals surface area contributed by atoms with E-state index in [-0.39, 0.29) is 11.8 Å². The molecule has 0 atom stereocenters. The summed E-state index contributed by atoms with van der Waals surface area (Å²) in [5.74, 6) is 0.444. The fourth-order valence-electron chi connectivity index (χ4n) is 3.13. The van der Waals surface area contributed by atoms with Gasteiger partial charge in [0.25, 0.3) is 0 Å². The lowest BCUT2D eigenvalue weighted by Crippen LogP contribution is -2.39. The van der Waals surface area contributed by atoms with Crippen LogP contribution < -0.4 is 4.90 Å². The summed E-state index contributed by atoms with van der Waals surface area (Å²) >= 11 is 3.37. The van der Waals surface area contributed by atoms with Gasteiger partial charge in [0.2, 0.25) is 5.91 Å². The lowest BCUT2D eigenvalue weighted by Gasteiger charge is -2.24. The quantitative estimate of drug-likeness (QED) is 0.724. The normalized spacial score (nSPS) is 15.5. The van der Waals surface area contributed by atoms with Crippen molar-refractivity contribution in [3.05, 3.63) is 18.2 Å². The molecule has 1 fully saturated rings. The highest BCUT2D eigenvalue weighted by molar-refractivity contribution is 7.98. The summed E-state index contributed by atoms with van der Waals surface area (Å²) in [6.07, 6.45) is 6.48. The fourth-order valence-corrected chi connectivity index (χ4v) is 4.68. The highest BCUT2D eigenvalue weighted by Crippen LogP contribution is 2.34. The smallest absolute Gasteiger partial charge is 0.231 e. The Labute approximate surface area is 152 Å². The predicted molar refractivity (Wildman–Crippen MR) is 104 cm³/mol. The third kappa shape index (κ3) is 3.92. The maximum Gasteiger partial charge on any atom is 0.231 e. The van der Waals surface area contributed by atoms with Crippen LogP contribution in [0.3, 0.4) is 0 Å². The van der Waals surface area contributed by atoms with Crippen LogP contribution in [0, 0.1) is 5.92 Å². The number of carbonyl (C=O) groups excluding carboxylic acids is 1. The molecule has 1 heterocycles. The molecule has 0 N–H and O–H groups in total. The number of aromatic nitrogens is 1. The molecule has 0 spiro atoms. The Morgan fingerprint density at radius 3 is 2.71 bits per heavy atom. The van der Waals surface area contributed by atoms with Crippen molar-refractivity contribution in [2.75, 3.05) is 38.3 Å². The minimum Gasteiger partial charge on any atom is -0.308 e. The van der Waals surface area contributed by atoms with Gasteiger partial charge in [-0.2, -0.15) is 0 Å². The van der Waals surface area contributed by atoms with Crippen molar-refractivity contribution in [2.24, 2.45) is 5.92 Å². The van der Waals surface area contributed by atoms with Crippen LogP contribution in [-0.4, -0.2) is 49.2 Å². The van der Waals surface area contributed by atoms with Crippen molar-refractivity contribution in [2.45, 2.75) is 30.6 Å². The summed E-state index contributed by atoms with van der Waals surface area (Å²) in [6, 6.07) is 6.33. The van der Waals surface area contributed by atoms with Gasteiger partial charge in [0.1, 0.15) is 0 Å². The number of nitrogens with zero attached hydrogens (tertiary/aromatic N) is 3. The number of hydrogen-bond donors (Lipinski definition) is 0. The van der Waals surface area contributed by atoms with E-state index in [1.807, 2.05) is 19.0 Å². The van der Waals surface area contributed by atoms with Crippen molar-refractivity contribution >= 4 is 44.4 Å². The second kappa shape index (κ2) is 7.85. The lowest BCUT2D eigenvalue weighted by atomic mass is 10.1. The Balaban J connectivity index is 1.89. The number of likely N-dealkylation sites (N-methyl/N-ethyl adjacent to an activating group) is 1. The van der Waals surface area contributed by atoms with Crippen LogP contribution >= 0.6 is 23.1 Å². The molecular weight excluding hydrogens is 338 g/mol. The molecule has 6 heteroatoms. The van der Waals surface area contributed by atoms with Crippen molar-refractivity contribution in [1.29, 1.82) is 0 Å². The summed E-state index contributed by atoms with van der Waals surface area (Å²) < 4.78 is 1.16. The summed E-state index contributed by atoms with van der Waals surface area (Å²) in [5, 5.41) is 0.849. The van der Waals surface area contributed by atoms with E-state index < -0.39 is 0 Å². The maximum atomic E-state index is 13.0. The van der Waals surface area contributed by atoms with E-state index in [0.717, 1.165) is 34.7 Å². The standard InChI is InChI=1S/C18H25N3OS2/c1-20(2)10-11-21(17(22)13-6-4-5-7-13)18-19-15-9-8-14(23-3)12-16(15)24-18/h8-9,12-13H,4-7,10-11H2,1-3H3. The van der Waals surface area contributed by atoms with Crippen molar-refractivity contribution < 1.29 is 4.79 Å². The third-order valence-corrected chi connectivity index (χ3v) is 6.32. The summed E-state index contributed by atoms with van der Waals surface area (Å²) in [5.41, 5.74) is 0.988. The van der Waals surface area contributed by atoms with Gasteiger partial charge in [-0.3, -0.25) is 9.69 Å². The van der Waals surface area contributed by atoms with Gasteiger partial charge in [0.05, 0.1) is 10.2 Å². The average Bonchev–Trinajstić information content (AvgIpc) is 3.23. The van der Waals surface area contributed by atoms with Crippen molar-refractivity contribution in [3.8, 4) is 0 Å². The second-order valence-electron chi connectivity index (χ2n) is 6.60. The number of carbonyl (C=O) groups is 1. The van der Waals surface area contributed by atoms with Gasteiger partial charge in [-0.25, -0.2) is 4.98 Å². The average molecular weight is 364 g/mol. The monoisotopic (exact) mass is 363 g/mol. The Kier molecular flexibility index (Phi) is 5.79. The first-order chi connectivity index (χ1) is 11.6. The largest absolute Gasteiger partial charge is 0.308 e. The van der Waals surface area contributed by atoms with Gasteiger partial charge >= 0.3 is 0 Å². The van der Waals surface area contributed by atoms with Crippen LogP contribution in [0.2, 0.25) is 0 Å². The second-order valence-corrected chi connectivity index (χ2v) is 8.49. The molecule has 3 rings (SSSR count). The molecule has 130 valence electrons. The molecule has 0 radical (unpaired) electrons. The van der Waals surface area contributed by atoms with Crippen LogP contribution in [0.5, 0.6) is 0 Å². The molecule has 2 aromatic rings. The van der Waals surface area contributed by atoms with Crippen LogP contribution in [0.15, 0.2) is 23.1 Å². The lowest BCUT2D eigenvalue weighted by molar-refractivity contribution is -0.122. The highest BCUT2D eigenvalue weighted by Gasteiger charge is 2.29. The molecule has 1 saturated carbocycles. The van der Waals surface area contributed by atoms with Gasteiger partial charge in [-0.15, -0.1) is 11.8 Å². The Hall–Kier alpha value is -1.11. The Morgan fingerprint density at radius 2 is 2.04 bits per heavy atom. The zero-order valence-electron chi connectivity index (χ0n) is 14.6. The van der Waals surface area contributed by atoms with Crippen LogP contribution in [0.1, 0.15) is 25.7 Å². The van der Waals surface area contributed by atoms with Gasteiger partial charge in [-0.05, 0) is 51.4 Å². The van der Waals surface area contributed by atoms with Gasteiger partial charge in [-0.1, -0.05) is 24.2 Å². The minimum atomic E-state index is 0.181. The van der Waals surface area contributed by atoms with Crippen LogP contribution in [0.4, 0.5) is 5.13 Å². The molecular formula is C18H25N3OS2. The molecule has 4 nitrogen and oxygen atoms in total. The number of fused-ring (bicyclic) bond motifs is 1. The van der Waals surface area contributed by atoms with E-state index in [0.29, 0.717) is 6.54 Å². The SMILES string of the molecule is CSc1ccc2nc(N(CCN(C)C)C(=O)C3CCCC3)sc2c1. The first kappa shape index (κ1) is 17.7. The highest BCUT2D eigenvalue weighted by atomic mass is 32.2. The van der Waals surface area contributed by atoms with Crippen LogP contribution in [-0.2, 0) is 4.79 Å². The number of hydrogen-bond acceptors (Lipinski definition) is 5. The number of rotatable bonds is 6. The van der Waals surface area contributed by atoms with E-state index in [4.69, 9.17) is 4.98 Å². The molecule has 1 aliphatic carbocycles. The zero-order valence-corrected chi connectivity index (χ0v) is 16.3. The van der Waals surface area contributed by atoms with E-state index in [1.165, 1.54) is 17.7 Å². The Bertz CT molecular complexity index is 707. The van der Waals surface area contributed by atoms with E-state index in [2.05, 4.69) is 29.4 Å². The van der Waals surface area contributed by atoms with E-state index in [9.17, 15) is 4.79 Å². The summed E-state index contributed by atoms with van der Waals surface area (Å²) in [4.78, 5) is 23.1. The number of amides is 1. The molecule has 0 bridgehead atoms. The summed E-state index contributed by atoms with van der Waals surface area (Å²) in [7, 11) is 4.09. The van der Waals surface area contributed by atoms with Crippen molar-refractivity contribution in [3.63, 3.8) is 0 Å².